The fraction of sp³-hybridized carbons (Fsp3) is 0.600. The van der Waals surface area contributed by atoms with Crippen LogP contribution in [0.5, 0.6) is 11.5 Å². The number of carbonyl (C=O) groups is 2. The van der Waals surface area contributed by atoms with E-state index < -0.39 is 0 Å². The van der Waals surface area contributed by atoms with Crippen LogP contribution < -0.4 is 20.1 Å². The van der Waals surface area contributed by atoms with Gasteiger partial charge < -0.3 is 20.1 Å². The first kappa shape index (κ1) is 21.0. The van der Waals surface area contributed by atoms with Crippen LogP contribution >= 0.6 is 0 Å². The Bertz CT molecular complexity index is 675. The van der Waals surface area contributed by atoms with Gasteiger partial charge in [0, 0.05) is 30.1 Å². The fourth-order valence-corrected chi connectivity index (χ4v) is 3.07. The highest BCUT2D eigenvalue weighted by Crippen LogP contribution is 2.35. The van der Waals surface area contributed by atoms with Crippen LogP contribution in [-0.2, 0) is 22.6 Å². The molecule has 27 heavy (non-hydrogen) atoms. The Labute approximate surface area is 161 Å². The van der Waals surface area contributed by atoms with E-state index in [0.717, 1.165) is 29.0 Å². The third-order valence-electron chi connectivity index (χ3n) is 4.13. The second-order valence-electron chi connectivity index (χ2n) is 7.30. The van der Waals surface area contributed by atoms with Gasteiger partial charge in [0.1, 0.15) is 17.6 Å². The number of carbonyl (C=O) groups excluding carboxylic acids is 2. The van der Waals surface area contributed by atoms with Gasteiger partial charge in [-0.05, 0) is 46.9 Å². The molecule has 7 heteroatoms. The predicted octanol–water partition coefficient (Wildman–Crippen LogP) is 1.48. The molecule has 1 aromatic carbocycles. The van der Waals surface area contributed by atoms with Crippen molar-refractivity contribution < 1.29 is 19.1 Å². The maximum atomic E-state index is 12.2. The molecule has 2 N–H and O–H groups in total. The zero-order valence-corrected chi connectivity index (χ0v) is 16.9. The highest BCUT2D eigenvalue weighted by atomic mass is 16.5. The number of benzene rings is 1. The van der Waals surface area contributed by atoms with Crippen molar-refractivity contribution in [3.05, 3.63) is 23.3 Å². The fourth-order valence-electron chi connectivity index (χ4n) is 3.07. The van der Waals surface area contributed by atoms with Gasteiger partial charge in [-0.1, -0.05) is 0 Å². The summed E-state index contributed by atoms with van der Waals surface area (Å²) in [5.41, 5.74) is 2.02. The minimum Gasteiger partial charge on any atom is -0.494 e. The van der Waals surface area contributed by atoms with E-state index in [9.17, 15) is 9.59 Å². The zero-order chi connectivity index (χ0) is 20.0. The van der Waals surface area contributed by atoms with E-state index >= 15 is 0 Å². The molecule has 2 rings (SSSR count). The molecule has 0 unspecified atom stereocenters. The van der Waals surface area contributed by atoms with Gasteiger partial charge in [0.15, 0.2) is 0 Å². The standard InChI is InChI=1S/C20H31N3O4/c1-6-26-17-8-15-7-14(4)27-18(15)9-16(17)10-21-19(24)11-23(5)12-20(25)22-13(2)3/h8-9,13-14H,6-7,10-12H2,1-5H3,(H,21,24)(H,22,25)/t14-/m1/s1. The highest BCUT2D eigenvalue weighted by Gasteiger charge is 2.22. The lowest BCUT2D eigenvalue weighted by Crippen LogP contribution is -2.42. The van der Waals surface area contributed by atoms with Crippen molar-refractivity contribution in [3.8, 4) is 11.5 Å². The Morgan fingerprint density at radius 2 is 2.00 bits per heavy atom. The lowest BCUT2D eigenvalue weighted by molar-refractivity contribution is -0.124. The number of likely N-dealkylation sites (N-methyl/N-ethyl adjacent to an activating group) is 1. The SMILES string of the molecule is CCOc1cc2c(cc1CNC(=O)CN(C)CC(=O)NC(C)C)O[C@H](C)C2. The maximum absolute atomic E-state index is 12.2. The Morgan fingerprint density at radius 1 is 1.30 bits per heavy atom. The summed E-state index contributed by atoms with van der Waals surface area (Å²) in [6.45, 7) is 9.02. The first-order valence-electron chi connectivity index (χ1n) is 9.48. The molecule has 1 heterocycles. The number of fused-ring (bicyclic) bond motifs is 1. The quantitative estimate of drug-likeness (QED) is 0.681. The van der Waals surface area contributed by atoms with Crippen LogP contribution in [0.2, 0.25) is 0 Å². The molecule has 1 aliphatic rings. The number of rotatable bonds is 9. The molecule has 0 bridgehead atoms. The lowest BCUT2D eigenvalue weighted by atomic mass is 10.1. The van der Waals surface area contributed by atoms with Gasteiger partial charge in [-0.25, -0.2) is 0 Å². The summed E-state index contributed by atoms with van der Waals surface area (Å²) in [5, 5.41) is 5.71. The van der Waals surface area contributed by atoms with Crippen molar-refractivity contribution >= 4 is 11.8 Å². The molecule has 150 valence electrons. The summed E-state index contributed by atoms with van der Waals surface area (Å²) in [6, 6.07) is 4.04. The van der Waals surface area contributed by atoms with E-state index in [2.05, 4.69) is 10.6 Å². The first-order chi connectivity index (χ1) is 12.8. The van der Waals surface area contributed by atoms with E-state index in [1.165, 1.54) is 0 Å². The Hall–Kier alpha value is -2.28. The van der Waals surface area contributed by atoms with E-state index in [4.69, 9.17) is 9.47 Å². The molecule has 1 atom stereocenters. The third-order valence-corrected chi connectivity index (χ3v) is 4.13. The Kier molecular flexibility index (Phi) is 7.47. The van der Waals surface area contributed by atoms with Crippen LogP contribution in [0.4, 0.5) is 0 Å². The minimum atomic E-state index is -0.146. The van der Waals surface area contributed by atoms with Crippen LogP contribution in [-0.4, -0.2) is 55.6 Å². The topological polar surface area (TPSA) is 79.9 Å². The molecule has 0 aliphatic carbocycles. The monoisotopic (exact) mass is 377 g/mol. The molecule has 0 aromatic heterocycles. The first-order valence-corrected chi connectivity index (χ1v) is 9.48. The van der Waals surface area contributed by atoms with Gasteiger partial charge in [0.05, 0.1) is 19.7 Å². The highest BCUT2D eigenvalue weighted by molar-refractivity contribution is 5.81. The summed E-state index contributed by atoms with van der Waals surface area (Å²) < 4.78 is 11.5. The molecule has 1 aromatic rings. The van der Waals surface area contributed by atoms with E-state index in [1.807, 2.05) is 39.8 Å². The largest absolute Gasteiger partial charge is 0.494 e. The Morgan fingerprint density at radius 3 is 2.67 bits per heavy atom. The van der Waals surface area contributed by atoms with Crippen LogP contribution in [0, 0.1) is 0 Å². The second-order valence-corrected chi connectivity index (χ2v) is 7.30. The number of nitrogens with zero attached hydrogens (tertiary/aromatic N) is 1. The van der Waals surface area contributed by atoms with Gasteiger partial charge in [-0.15, -0.1) is 0 Å². The van der Waals surface area contributed by atoms with E-state index in [-0.39, 0.29) is 37.0 Å². The van der Waals surface area contributed by atoms with Crippen molar-refractivity contribution in [2.75, 3.05) is 26.7 Å². The predicted molar refractivity (Wildman–Crippen MR) is 104 cm³/mol. The molecule has 0 saturated heterocycles. The maximum Gasteiger partial charge on any atom is 0.234 e. The summed E-state index contributed by atoms with van der Waals surface area (Å²) >= 11 is 0. The molecule has 7 nitrogen and oxygen atoms in total. The van der Waals surface area contributed by atoms with Gasteiger partial charge in [0.25, 0.3) is 0 Å². The van der Waals surface area contributed by atoms with Crippen LogP contribution in [0.25, 0.3) is 0 Å². The molecular weight excluding hydrogens is 346 g/mol. The normalized spacial score (nSPS) is 15.4. The second kappa shape index (κ2) is 9.60. The third kappa shape index (κ3) is 6.43. The van der Waals surface area contributed by atoms with E-state index in [1.54, 1.807) is 11.9 Å². The zero-order valence-electron chi connectivity index (χ0n) is 16.9. The number of hydrogen-bond acceptors (Lipinski definition) is 5. The summed E-state index contributed by atoms with van der Waals surface area (Å²) in [7, 11) is 1.75. The lowest BCUT2D eigenvalue weighted by Gasteiger charge is -2.18. The molecular formula is C20H31N3O4. The molecule has 0 saturated carbocycles. The van der Waals surface area contributed by atoms with Crippen LogP contribution in [0.15, 0.2) is 12.1 Å². The number of amides is 2. The van der Waals surface area contributed by atoms with Crippen molar-refractivity contribution in [3.63, 3.8) is 0 Å². The van der Waals surface area contributed by atoms with Crippen molar-refractivity contribution in [1.29, 1.82) is 0 Å². The van der Waals surface area contributed by atoms with E-state index in [0.29, 0.717) is 13.2 Å². The minimum absolute atomic E-state index is 0.0847. The van der Waals surface area contributed by atoms with Crippen LogP contribution in [0.3, 0.4) is 0 Å². The molecule has 0 radical (unpaired) electrons. The smallest absolute Gasteiger partial charge is 0.234 e. The van der Waals surface area contributed by atoms with Crippen molar-refractivity contribution in [2.45, 2.75) is 52.8 Å². The molecule has 2 amide bonds. The average molecular weight is 377 g/mol. The number of ether oxygens (including phenoxy) is 2. The summed E-state index contributed by atoms with van der Waals surface area (Å²) in [5.74, 6) is 1.40. The van der Waals surface area contributed by atoms with Crippen LogP contribution in [0.1, 0.15) is 38.8 Å². The molecule has 0 fully saturated rings. The summed E-state index contributed by atoms with van der Waals surface area (Å²) in [4.78, 5) is 25.7. The van der Waals surface area contributed by atoms with Gasteiger partial charge >= 0.3 is 0 Å². The molecule has 1 aliphatic heterocycles. The van der Waals surface area contributed by atoms with Gasteiger partial charge in [-0.2, -0.15) is 0 Å². The Balaban J connectivity index is 1.91. The summed E-state index contributed by atoms with van der Waals surface area (Å²) in [6.07, 6.45) is 1.02. The van der Waals surface area contributed by atoms with Gasteiger partial charge in [0.2, 0.25) is 11.8 Å². The number of hydrogen-bond donors (Lipinski definition) is 2. The van der Waals surface area contributed by atoms with Gasteiger partial charge in [-0.3, -0.25) is 14.5 Å². The average Bonchev–Trinajstić information content (AvgIpc) is 2.90. The van der Waals surface area contributed by atoms with Crippen molar-refractivity contribution in [2.24, 2.45) is 0 Å². The van der Waals surface area contributed by atoms with Crippen molar-refractivity contribution in [1.82, 2.24) is 15.5 Å². The molecule has 0 spiro atoms. The number of nitrogens with one attached hydrogen (secondary N) is 2.